The lowest BCUT2D eigenvalue weighted by Crippen LogP contribution is -2.09. The van der Waals surface area contributed by atoms with E-state index < -0.39 is 5.97 Å². The Kier molecular flexibility index (Phi) is 7.65. The van der Waals surface area contributed by atoms with Gasteiger partial charge in [-0.1, -0.05) is 33.6 Å². The second-order valence-electron chi connectivity index (χ2n) is 5.02. The fourth-order valence-corrected chi connectivity index (χ4v) is 2.02. The van der Waals surface area contributed by atoms with Gasteiger partial charge in [0.2, 0.25) is 0 Å². The van der Waals surface area contributed by atoms with Crippen LogP contribution in [-0.4, -0.2) is 24.3 Å². The van der Waals surface area contributed by atoms with Crippen molar-refractivity contribution in [2.24, 2.45) is 0 Å². The fourth-order valence-electron chi connectivity index (χ4n) is 2.02. The molecule has 21 heavy (non-hydrogen) atoms. The van der Waals surface area contributed by atoms with Crippen LogP contribution in [0.25, 0.3) is 0 Å². The van der Waals surface area contributed by atoms with E-state index in [1.165, 1.54) is 0 Å². The van der Waals surface area contributed by atoms with E-state index >= 15 is 0 Å². The van der Waals surface area contributed by atoms with Gasteiger partial charge in [0, 0.05) is 6.07 Å². The summed E-state index contributed by atoms with van der Waals surface area (Å²) in [5, 5.41) is 9.42. The largest absolute Gasteiger partial charge is 0.493 e. The second kappa shape index (κ2) is 9.27. The molecule has 4 nitrogen and oxygen atoms in total. The van der Waals surface area contributed by atoms with Crippen LogP contribution in [0, 0.1) is 0 Å². The summed E-state index contributed by atoms with van der Waals surface area (Å²) in [5.74, 6) is 0.164. The van der Waals surface area contributed by atoms with Crippen LogP contribution >= 0.6 is 0 Å². The topological polar surface area (TPSA) is 55.8 Å². The molecule has 0 unspecified atom stereocenters. The van der Waals surface area contributed by atoms with Crippen LogP contribution in [0.1, 0.15) is 62.4 Å². The SMILES string of the molecule is CCCCOc1cc(CC)c(C(=O)O)c(OCCCC)c1. The molecule has 0 heterocycles. The monoisotopic (exact) mass is 294 g/mol. The Hall–Kier alpha value is -1.71. The molecule has 0 aliphatic heterocycles. The maximum absolute atomic E-state index is 11.5. The van der Waals surface area contributed by atoms with Crippen LogP contribution in [0.3, 0.4) is 0 Å². The minimum absolute atomic E-state index is 0.261. The molecule has 0 aliphatic rings. The number of carboxylic acid groups (broad SMARTS) is 1. The van der Waals surface area contributed by atoms with Gasteiger partial charge in [-0.25, -0.2) is 4.79 Å². The van der Waals surface area contributed by atoms with Gasteiger partial charge < -0.3 is 14.6 Å². The third-order valence-electron chi connectivity index (χ3n) is 3.27. The Labute approximate surface area is 127 Å². The highest BCUT2D eigenvalue weighted by Crippen LogP contribution is 2.30. The second-order valence-corrected chi connectivity index (χ2v) is 5.02. The first-order chi connectivity index (χ1) is 10.1. The van der Waals surface area contributed by atoms with Gasteiger partial charge in [-0.3, -0.25) is 0 Å². The molecule has 0 spiro atoms. The van der Waals surface area contributed by atoms with Crippen LogP contribution in [0.4, 0.5) is 0 Å². The summed E-state index contributed by atoms with van der Waals surface area (Å²) in [7, 11) is 0. The number of aromatic carboxylic acids is 1. The molecule has 0 amide bonds. The van der Waals surface area contributed by atoms with Gasteiger partial charge in [0.05, 0.1) is 13.2 Å². The number of ether oxygens (including phenoxy) is 2. The molecule has 118 valence electrons. The van der Waals surface area contributed by atoms with Gasteiger partial charge in [0.1, 0.15) is 17.1 Å². The molecular formula is C17H26O4. The van der Waals surface area contributed by atoms with Crippen LogP contribution in [0.2, 0.25) is 0 Å². The van der Waals surface area contributed by atoms with Crippen molar-refractivity contribution in [3.63, 3.8) is 0 Å². The zero-order valence-electron chi connectivity index (χ0n) is 13.3. The molecule has 1 aromatic rings. The number of hydrogen-bond acceptors (Lipinski definition) is 3. The molecule has 0 saturated carbocycles. The van der Waals surface area contributed by atoms with Gasteiger partial charge in [-0.2, -0.15) is 0 Å². The Morgan fingerprint density at radius 3 is 2.19 bits per heavy atom. The minimum Gasteiger partial charge on any atom is -0.493 e. The maximum Gasteiger partial charge on any atom is 0.339 e. The van der Waals surface area contributed by atoms with Crippen molar-refractivity contribution in [2.75, 3.05) is 13.2 Å². The molecule has 0 bridgehead atoms. The van der Waals surface area contributed by atoms with Crippen molar-refractivity contribution in [1.29, 1.82) is 0 Å². The lowest BCUT2D eigenvalue weighted by atomic mass is 10.0. The van der Waals surface area contributed by atoms with E-state index in [1.807, 2.05) is 13.0 Å². The number of aryl methyl sites for hydroxylation is 1. The Bertz CT molecular complexity index is 454. The normalized spacial score (nSPS) is 10.4. The number of benzene rings is 1. The van der Waals surface area contributed by atoms with Crippen molar-refractivity contribution in [3.05, 3.63) is 23.3 Å². The molecule has 0 fully saturated rings. The summed E-state index contributed by atoms with van der Waals surface area (Å²) in [6.07, 6.45) is 4.59. The van der Waals surface area contributed by atoms with E-state index in [0.717, 1.165) is 31.2 Å². The smallest absolute Gasteiger partial charge is 0.339 e. The van der Waals surface area contributed by atoms with Gasteiger partial charge in [0.15, 0.2) is 0 Å². The van der Waals surface area contributed by atoms with Crippen molar-refractivity contribution in [3.8, 4) is 11.5 Å². The Balaban J connectivity index is 3.02. The average molecular weight is 294 g/mol. The maximum atomic E-state index is 11.5. The van der Waals surface area contributed by atoms with E-state index in [9.17, 15) is 9.90 Å². The minimum atomic E-state index is -0.946. The summed E-state index contributed by atoms with van der Waals surface area (Å²) < 4.78 is 11.4. The highest BCUT2D eigenvalue weighted by molar-refractivity contribution is 5.93. The van der Waals surface area contributed by atoms with E-state index in [0.29, 0.717) is 31.1 Å². The molecule has 1 aromatic carbocycles. The molecule has 0 atom stereocenters. The molecule has 0 radical (unpaired) electrons. The van der Waals surface area contributed by atoms with E-state index in [-0.39, 0.29) is 5.56 Å². The fraction of sp³-hybridized carbons (Fsp3) is 0.588. The molecule has 0 aromatic heterocycles. The van der Waals surface area contributed by atoms with Gasteiger partial charge in [-0.15, -0.1) is 0 Å². The highest BCUT2D eigenvalue weighted by atomic mass is 16.5. The van der Waals surface area contributed by atoms with Crippen LogP contribution in [0.5, 0.6) is 11.5 Å². The molecule has 1 N–H and O–H groups in total. The lowest BCUT2D eigenvalue weighted by molar-refractivity contribution is 0.0691. The summed E-state index contributed by atoms with van der Waals surface area (Å²) in [6.45, 7) is 7.28. The Morgan fingerprint density at radius 2 is 1.67 bits per heavy atom. The predicted octanol–water partition coefficient (Wildman–Crippen LogP) is 4.31. The highest BCUT2D eigenvalue weighted by Gasteiger charge is 2.18. The van der Waals surface area contributed by atoms with E-state index in [1.54, 1.807) is 6.07 Å². The third kappa shape index (κ3) is 5.29. The average Bonchev–Trinajstić information content (AvgIpc) is 2.47. The van der Waals surface area contributed by atoms with Gasteiger partial charge >= 0.3 is 5.97 Å². The van der Waals surface area contributed by atoms with Crippen molar-refractivity contribution < 1.29 is 19.4 Å². The Morgan fingerprint density at radius 1 is 1.05 bits per heavy atom. The molecule has 0 aliphatic carbocycles. The van der Waals surface area contributed by atoms with Crippen LogP contribution < -0.4 is 9.47 Å². The molecule has 0 saturated heterocycles. The van der Waals surface area contributed by atoms with E-state index in [4.69, 9.17) is 9.47 Å². The molecular weight excluding hydrogens is 268 g/mol. The first-order valence-corrected chi connectivity index (χ1v) is 7.79. The standard InChI is InChI=1S/C17H26O4/c1-4-7-9-20-14-11-13(6-3)16(17(18)19)15(12-14)21-10-8-5-2/h11-12H,4-10H2,1-3H3,(H,18,19). The summed E-state index contributed by atoms with van der Waals surface area (Å²) in [4.78, 5) is 11.5. The number of carboxylic acids is 1. The number of carbonyl (C=O) groups is 1. The number of hydrogen-bond donors (Lipinski definition) is 1. The van der Waals surface area contributed by atoms with Crippen molar-refractivity contribution >= 4 is 5.97 Å². The van der Waals surface area contributed by atoms with Crippen molar-refractivity contribution in [1.82, 2.24) is 0 Å². The third-order valence-corrected chi connectivity index (χ3v) is 3.27. The van der Waals surface area contributed by atoms with Crippen LogP contribution in [0.15, 0.2) is 12.1 Å². The number of rotatable bonds is 10. The zero-order valence-corrected chi connectivity index (χ0v) is 13.3. The summed E-state index contributed by atoms with van der Waals surface area (Å²) in [5.41, 5.74) is 1.01. The van der Waals surface area contributed by atoms with Gasteiger partial charge in [-0.05, 0) is 30.9 Å². The van der Waals surface area contributed by atoms with Crippen molar-refractivity contribution in [2.45, 2.75) is 52.9 Å². The zero-order chi connectivity index (χ0) is 15.7. The quantitative estimate of drug-likeness (QED) is 0.653. The first kappa shape index (κ1) is 17.3. The van der Waals surface area contributed by atoms with Gasteiger partial charge in [0.25, 0.3) is 0 Å². The predicted molar refractivity (Wildman–Crippen MR) is 83.6 cm³/mol. The summed E-state index contributed by atoms with van der Waals surface area (Å²) in [6, 6.07) is 3.51. The first-order valence-electron chi connectivity index (χ1n) is 7.79. The molecule has 1 rings (SSSR count). The number of unbranched alkanes of at least 4 members (excludes halogenated alkanes) is 2. The lowest BCUT2D eigenvalue weighted by Gasteiger charge is -2.15. The van der Waals surface area contributed by atoms with Crippen LogP contribution in [-0.2, 0) is 6.42 Å². The summed E-state index contributed by atoms with van der Waals surface area (Å²) >= 11 is 0. The molecule has 4 heteroatoms. The van der Waals surface area contributed by atoms with E-state index in [2.05, 4.69) is 13.8 Å².